The van der Waals surface area contributed by atoms with E-state index in [-0.39, 0.29) is 37.4 Å². The Hall–Kier alpha value is -2.58. The number of carbonyl (C=O) groups is 2. The zero-order chi connectivity index (χ0) is 27.0. The van der Waals surface area contributed by atoms with Crippen LogP contribution in [0, 0.1) is 13.8 Å². The monoisotopic (exact) mass is 535 g/mol. The van der Waals surface area contributed by atoms with Crippen LogP contribution in [0.5, 0.6) is 0 Å². The summed E-state index contributed by atoms with van der Waals surface area (Å²) in [5.74, 6) is -0.439. The number of benzene rings is 2. The first kappa shape index (κ1) is 29.6. The molecule has 0 heterocycles. The number of anilines is 1. The summed E-state index contributed by atoms with van der Waals surface area (Å²) in [5, 5.41) is 3.53. The van der Waals surface area contributed by atoms with E-state index >= 15 is 0 Å². The van der Waals surface area contributed by atoms with Gasteiger partial charge in [0.15, 0.2) is 0 Å². The Bertz CT molecular complexity index is 1150. The molecule has 0 saturated carbocycles. The zero-order valence-corrected chi connectivity index (χ0v) is 23.6. The van der Waals surface area contributed by atoms with E-state index in [9.17, 15) is 18.0 Å². The van der Waals surface area contributed by atoms with Crippen molar-refractivity contribution in [1.29, 1.82) is 0 Å². The molecule has 9 heteroatoms. The number of hydrogen-bond donors (Lipinski definition) is 1. The summed E-state index contributed by atoms with van der Waals surface area (Å²) in [6, 6.07) is 12.1. The summed E-state index contributed by atoms with van der Waals surface area (Å²) in [5.41, 5.74) is 3.26. The van der Waals surface area contributed by atoms with Gasteiger partial charge in [-0.1, -0.05) is 42.8 Å². The van der Waals surface area contributed by atoms with E-state index < -0.39 is 16.1 Å². The molecule has 2 aromatic carbocycles. The summed E-state index contributed by atoms with van der Waals surface area (Å²) in [6.07, 6.45) is 2.37. The Labute approximate surface area is 220 Å². The van der Waals surface area contributed by atoms with E-state index in [4.69, 9.17) is 11.6 Å². The molecule has 2 aromatic rings. The van der Waals surface area contributed by atoms with E-state index in [2.05, 4.69) is 5.32 Å². The lowest BCUT2D eigenvalue weighted by Crippen LogP contribution is -2.49. The Morgan fingerprint density at radius 2 is 1.69 bits per heavy atom. The SMILES string of the molecule is CCC(C)NC(=O)C(C)N(Cc1ccc(Cl)cc1)C(=O)CCCN(c1cc(C)ccc1C)S(C)(=O)=O. The standard InChI is InChI=1S/C27H38ClN3O4S/c1-7-21(4)29-27(33)22(5)30(18-23-12-14-24(28)15-13-23)26(32)9-8-16-31(36(6,34)35)25-17-19(2)10-11-20(25)3/h10-15,17,21-22H,7-9,16,18H2,1-6H3,(H,29,33). The maximum Gasteiger partial charge on any atom is 0.242 e. The molecule has 1 N–H and O–H groups in total. The number of aryl methyl sites for hydroxylation is 2. The smallest absolute Gasteiger partial charge is 0.242 e. The van der Waals surface area contributed by atoms with Crippen LogP contribution in [-0.4, -0.2) is 50.0 Å². The summed E-state index contributed by atoms with van der Waals surface area (Å²) < 4.78 is 26.5. The van der Waals surface area contributed by atoms with Crippen molar-refractivity contribution < 1.29 is 18.0 Å². The number of sulfonamides is 1. The second-order valence-corrected chi connectivity index (χ2v) is 11.7. The minimum absolute atomic E-state index is 0.00618. The van der Waals surface area contributed by atoms with Crippen molar-refractivity contribution >= 4 is 39.1 Å². The number of halogens is 1. The van der Waals surface area contributed by atoms with Crippen LogP contribution in [-0.2, 0) is 26.2 Å². The number of carbonyl (C=O) groups excluding carboxylic acids is 2. The van der Waals surface area contributed by atoms with Crippen LogP contribution in [0.15, 0.2) is 42.5 Å². The van der Waals surface area contributed by atoms with Crippen molar-refractivity contribution in [1.82, 2.24) is 10.2 Å². The summed E-state index contributed by atoms with van der Waals surface area (Å²) in [4.78, 5) is 27.8. The van der Waals surface area contributed by atoms with Gasteiger partial charge in [-0.2, -0.15) is 0 Å². The highest BCUT2D eigenvalue weighted by Crippen LogP contribution is 2.25. The molecule has 0 aromatic heterocycles. The number of nitrogens with zero attached hydrogens (tertiary/aromatic N) is 2. The molecule has 36 heavy (non-hydrogen) atoms. The quantitative estimate of drug-likeness (QED) is 0.421. The third kappa shape index (κ3) is 8.52. The van der Waals surface area contributed by atoms with Crippen LogP contribution in [0.4, 0.5) is 5.69 Å². The first-order valence-electron chi connectivity index (χ1n) is 12.2. The Balaban J connectivity index is 2.20. The van der Waals surface area contributed by atoms with Crippen LogP contribution >= 0.6 is 11.6 Å². The van der Waals surface area contributed by atoms with Crippen LogP contribution in [0.25, 0.3) is 0 Å². The first-order chi connectivity index (χ1) is 16.8. The molecule has 2 atom stereocenters. The highest BCUT2D eigenvalue weighted by Gasteiger charge is 2.27. The number of hydrogen-bond acceptors (Lipinski definition) is 4. The van der Waals surface area contributed by atoms with Crippen molar-refractivity contribution in [2.75, 3.05) is 17.1 Å². The zero-order valence-electron chi connectivity index (χ0n) is 22.0. The predicted octanol–water partition coefficient (Wildman–Crippen LogP) is 4.84. The maximum absolute atomic E-state index is 13.4. The van der Waals surface area contributed by atoms with E-state index in [0.29, 0.717) is 17.1 Å². The second-order valence-electron chi connectivity index (χ2n) is 9.37. The molecular formula is C27H38ClN3O4S. The summed E-state index contributed by atoms with van der Waals surface area (Å²) >= 11 is 6.00. The number of amides is 2. The Morgan fingerprint density at radius 3 is 2.28 bits per heavy atom. The lowest BCUT2D eigenvalue weighted by Gasteiger charge is -2.30. The van der Waals surface area contributed by atoms with Crippen molar-refractivity contribution in [3.05, 3.63) is 64.2 Å². The normalized spacial score (nSPS) is 13.1. The predicted molar refractivity (Wildman–Crippen MR) is 147 cm³/mol. The minimum Gasteiger partial charge on any atom is -0.352 e. The van der Waals surface area contributed by atoms with Gasteiger partial charge in [0, 0.05) is 30.6 Å². The van der Waals surface area contributed by atoms with Crippen LogP contribution in [0.2, 0.25) is 5.02 Å². The van der Waals surface area contributed by atoms with Crippen LogP contribution in [0.3, 0.4) is 0 Å². The highest BCUT2D eigenvalue weighted by atomic mass is 35.5. The molecule has 0 aliphatic carbocycles. The second kappa shape index (κ2) is 13.1. The number of nitrogens with one attached hydrogen (secondary N) is 1. The van der Waals surface area contributed by atoms with Gasteiger partial charge < -0.3 is 10.2 Å². The van der Waals surface area contributed by atoms with E-state index in [1.807, 2.05) is 58.0 Å². The van der Waals surface area contributed by atoms with E-state index in [1.165, 1.54) is 10.6 Å². The molecule has 2 amide bonds. The highest BCUT2D eigenvalue weighted by molar-refractivity contribution is 7.92. The van der Waals surface area contributed by atoms with Gasteiger partial charge in [0.25, 0.3) is 0 Å². The maximum atomic E-state index is 13.4. The molecule has 0 saturated heterocycles. The van der Waals surface area contributed by atoms with Gasteiger partial charge in [0.05, 0.1) is 11.9 Å². The molecular weight excluding hydrogens is 498 g/mol. The fraction of sp³-hybridized carbons (Fsp3) is 0.481. The molecule has 0 bridgehead atoms. The minimum atomic E-state index is -3.54. The molecule has 0 spiro atoms. The third-order valence-electron chi connectivity index (χ3n) is 6.22. The lowest BCUT2D eigenvalue weighted by atomic mass is 10.1. The van der Waals surface area contributed by atoms with Gasteiger partial charge in [-0.15, -0.1) is 0 Å². The van der Waals surface area contributed by atoms with E-state index in [0.717, 1.165) is 23.1 Å². The molecule has 0 fully saturated rings. The average molecular weight is 536 g/mol. The Morgan fingerprint density at radius 1 is 1.06 bits per heavy atom. The molecule has 198 valence electrons. The van der Waals surface area contributed by atoms with Gasteiger partial charge in [-0.3, -0.25) is 13.9 Å². The van der Waals surface area contributed by atoms with Crippen molar-refractivity contribution in [3.63, 3.8) is 0 Å². The summed E-state index contributed by atoms with van der Waals surface area (Å²) in [7, 11) is -3.54. The van der Waals surface area contributed by atoms with Crippen LogP contribution < -0.4 is 9.62 Å². The van der Waals surface area contributed by atoms with Crippen molar-refractivity contribution in [2.24, 2.45) is 0 Å². The first-order valence-corrected chi connectivity index (χ1v) is 14.4. The van der Waals surface area contributed by atoms with Crippen molar-refractivity contribution in [2.45, 2.75) is 72.5 Å². The van der Waals surface area contributed by atoms with Crippen LogP contribution in [0.1, 0.15) is 56.7 Å². The fourth-order valence-electron chi connectivity index (χ4n) is 3.81. The summed E-state index contributed by atoms with van der Waals surface area (Å²) in [6.45, 7) is 9.80. The molecule has 0 aliphatic rings. The van der Waals surface area contributed by atoms with Gasteiger partial charge in [0.1, 0.15) is 6.04 Å². The molecule has 2 rings (SSSR count). The Kier molecular flexibility index (Phi) is 10.8. The van der Waals surface area contributed by atoms with Gasteiger partial charge in [0.2, 0.25) is 21.8 Å². The molecule has 2 unspecified atom stereocenters. The molecule has 0 radical (unpaired) electrons. The average Bonchev–Trinajstić information content (AvgIpc) is 2.81. The van der Waals surface area contributed by atoms with E-state index in [1.54, 1.807) is 24.0 Å². The topological polar surface area (TPSA) is 86.8 Å². The molecule has 0 aliphatic heterocycles. The van der Waals surface area contributed by atoms with Gasteiger partial charge >= 0.3 is 0 Å². The fourth-order valence-corrected chi connectivity index (χ4v) is 4.95. The van der Waals surface area contributed by atoms with Crippen molar-refractivity contribution in [3.8, 4) is 0 Å². The largest absolute Gasteiger partial charge is 0.352 e. The lowest BCUT2D eigenvalue weighted by molar-refractivity contribution is -0.140. The van der Waals surface area contributed by atoms with Gasteiger partial charge in [-0.05, 0) is 75.4 Å². The number of rotatable bonds is 12. The third-order valence-corrected chi connectivity index (χ3v) is 7.65. The van der Waals surface area contributed by atoms with Gasteiger partial charge in [-0.25, -0.2) is 8.42 Å². The molecule has 7 nitrogen and oxygen atoms in total.